The van der Waals surface area contributed by atoms with Gasteiger partial charge in [0.1, 0.15) is 17.4 Å². The number of amides is 1. The van der Waals surface area contributed by atoms with Crippen LogP contribution in [0.3, 0.4) is 0 Å². The van der Waals surface area contributed by atoms with Crippen LogP contribution < -0.4 is 10.6 Å². The molecule has 1 amide bonds. The summed E-state index contributed by atoms with van der Waals surface area (Å²) in [6, 6.07) is 7.22. The highest BCUT2D eigenvalue weighted by molar-refractivity contribution is 5.99. The molecule has 8 nitrogen and oxygen atoms in total. The number of rotatable bonds is 4. The molecule has 5 rings (SSSR count). The van der Waals surface area contributed by atoms with Crippen LogP contribution in [0.4, 0.5) is 19.0 Å². The van der Waals surface area contributed by atoms with Gasteiger partial charge in [-0.15, -0.1) is 0 Å². The van der Waals surface area contributed by atoms with E-state index in [-0.39, 0.29) is 24.8 Å². The largest absolute Gasteiger partial charge is 0.490 e. The number of H-pyrrole nitrogens is 1. The molecule has 3 heterocycles. The fourth-order valence-electron chi connectivity index (χ4n) is 4.15. The van der Waals surface area contributed by atoms with Crippen molar-refractivity contribution in [1.29, 1.82) is 0 Å². The molecular weight excluding hydrogens is 439 g/mol. The van der Waals surface area contributed by atoms with Gasteiger partial charge in [0.15, 0.2) is 0 Å². The maximum absolute atomic E-state index is 12.4. The Hall–Kier alpha value is -3.63. The summed E-state index contributed by atoms with van der Waals surface area (Å²) < 4.78 is 41.5. The number of aromatic nitrogens is 3. The molecule has 2 aliphatic rings. The zero-order chi connectivity index (χ0) is 23.3. The molecule has 3 N–H and O–H groups in total. The number of nitrogens with zero attached hydrogens (tertiary/aromatic N) is 2. The minimum atomic E-state index is -4.99. The number of carbonyl (C=O) groups is 2. The minimum Gasteiger partial charge on any atom is -0.456 e. The van der Waals surface area contributed by atoms with Crippen molar-refractivity contribution < 1.29 is 27.5 Å². The Balaban J connectivity index is 1.38. The lowest BCUT2D eigenvalue weighted by molar-refractivity contribution is -0.208. The molecule has 0 spiro atoms. The molecule has 33 heavy (non-hydrogen) atoms. The number of alkyl halides is 3. The summed E-state index contributed by atoms with van der Waals surface area (Å²) in [4.78, 5) is 35.8. The van der Waals surface area contributed by atoms with Gasteiger partial charge in [-0.25, -0.2) is 14.8 Å². The molecule has 0 atom stereocenters. The lowest BCUT2D eigenvalue weighted by atomic mass is 9.89. The number of para-hydroxylation sites is 1. The molecule has 2 aromatic heterocycles. The van der Waals surface area contributed by atoms with Crippen molar-refractivity contribution in [2.45, 2.75) is 44.5 Å². The number of carbonyl (C=O) groups excluding carboxylic acids is 2. The Morgan fingerprint density at radius 1 is 1.21 bits per heavy atom. The van der Waals surface area contributed by atoms with Crippen LogP contribution in [0.25, 0.3) is 22.3 Å². The molecule has 1 fully saturated rings. The number of halogens is 3. The predicted octanol–water partition coefficient (Wildman–Crippen LogP) is 3.27. The molecular formula is C22H20F3N5O3. The van der Waals surface area contributed by atoms with Crippen LogP contribution in [-0.2, 0) is 16.0 Å². The van der Waals surface area contributed by atoms with Gasteiger partial charge in [0.2, 0.25) is 0 Å². The number of aryl methyl sites for hydroxylation is 1. The summed E-state index contributed by atoms with van der Waals surface area (Å²) in [5, 5.41) is 6.02. The van der Waals surface area contributed by atoms with Crippen molar-refractivity contribution >= 4 is 28.7 Å². The van der Waals surface area contributed by atoms with E-state index in [2.05, 4.69) is 25.3 Å². The van der Waals surface area contributed by atoms with E-state index in [1.807, 2.05) is 18.2 Å². The van der Waals surface area contributed by atoms with E-state index in [1.54, 1.807) is 13.0 Å². The molecule has 0 unspecified atom stereocenters. The van der Waals surface area contributed by atoms with E-state index < -0.39 is 18.2 Å². The fourth-order valence-corrected chi connectivity index (χ4v) is 4.15. The number of aromatic amines is 1. The molecule has 1 aliphatic heterocycles. The third-order valence-electron chi connectivity index (χ3n) is 5.90. The molecule has 1 saturated carbocycles. The summed E-state index contributed by atoms with van der Waals surface area (Å²) in [5.41, 5.74) is 4.98. The summed E-state index contributed by atoms with van der Waals surface area (Å²) in [6.45, 7) is 2.37. The van der Waals surface area contributed by atoms with Gasteiger partial charge in [-0.05, 0) is 19.1 Å². The van der Waals surface area contributed by atoms with Gasteiger partial charge in [0.05, 0.1) is 16.8 Å². The molecule has 0 radical (unpaired) electrons. The average Bonchev–Trinajstić information content (AvgIpc) is 3.17. The maximum atomic E-state index is 12.4. The van der Waals surface area contributed by atoms with Crippen LogP contribution >= 0.6 is 0 Å². The normalized spacial score (nSPS) is 20.1. The van der Waals surface area contributed by atoms with Crippen molar-refractivity contribution in [2.75, 3.05) is 11.9 Å². The van der Waals surface area contributed by atoms with Gasteiger partial charge in [-0.3, -0.25) is 4.79 Å². The number of hydrogen-bond acceptors (Lipinski definition) is 6. The Bertz CT molecular complexity index is 1260. The first-order valence-electron chi connectivity index (χ1n) is 10.5. The number of ether oxygens (including phenoxy) is 1. The first kappa shape index (κ1) is 21.2. The van der Waals surface area contributed by atoms with Crippen molar-refractivity contribution in [3.63, 3.8) is 0 Å². The third-order valence-corrected chi connectivity index (χ3v) is 5.90. The first-order valence-corrected chi connectivity index (χ1v) is 10.5. The summed E-state index contributed by atoms with van der Waals surface area (Å²) in [7, 11) is 0. The van der Waals surface area contributed by atoms with Crippen LogP contribution in [0.2, 0.25) is 0 Å². The monoisotopic (exact) mass is 459 g/mol. The highest BCUT2D eigenvalue weighted by Crippen LogP contribution is 2.33. The number of hydrogen-bond donors (Lipinski definition) is 3. The molecule has 0 bridgehead atoms. The van der Waals surface area contributed by atoms with Gasteiger partial charge in [-0.2, -0.15) is 13.2 Å². The standard InChI is InChI=1S/C22H20F3N5O3/c1-10-19(28-11-7-12(8-11)33-21(32)22(23,24)25)30-18-13(3-2-4-16(18)27-10)17-9-14-15(29-17)5-6-26-20(14)31/h2-4,9,11-12,29H,5-8H2,1H3,(H,26,31)(H,28,30). The second-order valence-corrected chi connectivity index (χ2v) is 8.25. The first-order chi connectivity index (χ1) is 15.7. The Labute approximate surface area is 185 Å². The lowest BCUT2D eigenvalue weighted by Gasteiger charge is -2.35. The van der Waals surface area contributed by atoms with E-state index in [0.717, 1.165) is 17.0 Å². The van der Waals surface area contributed by atoms with Gasteiger partial charge in [-0.1, -0.05) is 12.1 Å². The topological polar surface area (TPSA) is 109 Å². The molecule has 11 heteroatoms. The Morgan fingerprint density at radius 2 is 2.00 bits per heavy atom. The number of fused-ring (bicyclic) bond motifs is 2. The maximum Gasteiger partial charge on any atom is 0.490 e. The predicted molar refractivity (Wildman–Crippen MR) is 113 cm³/mol. The zero-order valence-corrected chi connectivity index (χ0v) is 17.5. The fraction of sp³-hybridized carbons (Fsp3) is 0.364. The summed E-state index contributed by atoms with van der Waals surface area (Å²) in [6.07, 6.45) is -4.56. The molecule has 0 saturated heterocycles. The van der Waals surface area contributed by atoms with E-state index in [9.17, 15) is 22.8 Å². The van der Waals surface area contributed by atoms with Gasteiger partial charge >= 0.3 is 12.1 Å². The van der Waals surface area contributed by atoms with Crippen LogP contribution in [-0.4, -0.2) is 51.7 Å². The quantitative estimate of drug-likeness (QED) is 0.517. The SMILES string of the molecule is Cc1nc2cccc(-c3cc4c([nH]3)CCNC4=O)c2nc1NC1CC(OC(=O)C(F)(F)F)C1. The average molecular weight is 459 g/mol. The summed E-state index contributed by atoms with van der Waals surface area (Å²) in [5.74, 6) is -1.77. The van der Waals surface area contributed by atoms with Crippen LogP contribution in [0.1, 0.15) is 34.6 Å². The molecule has 1 aromatic carbocycles. The third kappa shape index (κ3) is 3.98. The highest BCUT2D eigenvalue weighted by atomic mass is 19.4. The van der Waals surface area contributed by atoms with E-state index in [1.165, 1.54) is 0 Å². The van der Waals surface area contributed by atoms with Crippen molar-refractivity contribution in [2.24, 2.45) is 0 Å². The van der Waals surface area contributed by atoms with Crippen molar-refractivity contribution in [3.8, 4) is 11.3 Å². The van der Waals surface area contributed by atoms with Gasteiger partial charge in [0, 0.05) is 48.8 Å². The smallest absolute Gasteiger partial charge is 0.456 e. The van der Waals surface area contributed by atoms with Crippen molar-refractivity contribution in [1.82, 2.24) is 20.3 Å². The second-order valence-electron chi connectivity index (χ2n) is 8.25. The van der Waals surface area contributed by atoms with Gasteiger partial charge < -0.3 is 20.4 Å². The number of anilines is 1. The Kier molecular flexibility index (Phi) is 4.98. The zero-order valence-electron chi connectivity index (χ0n) is 17.5. The lowest BCUT2D eigenvalue weighted by Crippen LogP contribution is -2.44. The van der Waals surface area contributed by atoms with Crippen molar-refractivity contribution in [3.05, 3.63) is 41.2 Å². The second kappa shape index (κ2) is 7.75. The van der Waals surface area contributed by atoms with Crippen LogP contribution in [0, 0.1) is 6.92 Å². The Morgan fingerprint density at radius 3 is 2.73 bits per heavy atom. The minimum absolute atomic E-state index is 0.117. The van der Waals surface area contributed by atoms with E-state index in [0.29, 0.717) is 41.1 Å². The van der Waals surface area contributed by atoms with E-state index in [4.69, 9.17) is 4.98 Å². The molecule has 1 aliphatic carbocycles. The number of esters is 1. The summed E-state index contributed by atoms with van der Waals surface area (Å²) >= 11 is 0. The van der Waals surface area contributed by atoms with Crippen LogP contribution in [0.15, 0.2) is 24.3 Å². The molecule has 3 aromatic rings. The molecule has 172 valence electrons. The number of nitrogens with one attached hydrogen (secondary N) is 3. The number of benzene rings is 1. The van der Waals surface area contributed by atoms with Gasteiger partial charge in [0.25, 0.3) is 5.91 Å². The highest BCUT2D eigenvalue weighted by Gasteiger charge is 2.44. The van der Waals surface area contributed by atoms with E-state index >= 15 is 0 Å². The van der Waals surface area contributed by atoms with Crippen LogP contribution in [0.5, 0.6) is 0 Å².